The Hall–Kier alpha value is -1.79. The topological polar surface area (TPSA) is 26.3 Å². The summed E-state index contributed by atoms with van der Waals surface area (Å²) in [5.41, 5.74) is 0. The van der Waals surface area contributed by atoms with E-state index in [1.54, 1.807) is 13.2 Å². The standard InChI is InChI=1S/C16H17O2P/c1-3-13-19(17,14-9-5-4-6-10-14)16-12-8-7-11-15(16)18-2/h3-12H,1,13H2,2H3/t19-/m1/s1. The number of benzene rings is 2. The van der Waals surface area contributed by atoms with E-state index in [0.717, 1.165) is 10.6 Å². The van der Waals surface area contributed by atoms with E-state index < -0.39 is 7.14 Å². The Morgan fingerprint density at radius 3 is 2.37 bits per heavy atom. The third-order valence-electron chi connectivity index (χ3n) is 3.03. The average Bonchev–Trinajstić information content (AvgIpc) is 2.48. The number of rotatable bonds is 5. The molecule has 0 radical (unpaired) electrons. The van der Waals surface area contributed by atoms with Crippen molar-refractivity contribution < 1.29 is 9.30 Å². The van der Waals surface area contributed by atoms with Crippen molar-refractivity contribution in [1.29, 1.82) is 0 Å². The third-order valence-corrected chi connectivity index (χ3v) is 6.09. The van der Waals surface area contributed by atoms with Crippen LogP contribution in [0.4, 0.5) is 0 Å². The molecule has 0 N–H and O–H groups in total. The van der Waals surface area contributed by atoms with Gasteiger partial charge in [-0.3, -0.25) is 0 Å². The van der Waals surface area contributed by atoms with Crippen LogP contribution in [0.5, 0.6) is 5.75 Å². The summed E-state index contributed by atoms with van der Waals surface area (Å²) in [6.45, 7) is 3.74. The zero-order valence-corrected chi connectivity index (χ0v) is 11.8. The van der Waals surface area contributed by atoms with E-state index in [1.165, 1.54) is 0 Å². The van der Waals surface area contributed by atoms with Crippen LogP contribution < -0.4 is 15.3 Å². The Labute approximate surface area is 114 Å². The van der Waals surface area contributed by atoms with E-state index >= 15 is 0 Å². The summed E-state index contributed by atoms with van der Waals surface area (Å²) in [5.74, 6) is 0.663. The van der Waals surface area contributed by atoms with Crippen molar-refractivity contribution in [2.24, 2.45) is 0 Å². The predicted octanol–water partition coefficient (Wildman–Crippen LogP) is 3.20. The first-order chi connectivity index (χ1) is 9.22. The van der Waals surface area contributed by atoms with Gasteiger partial charge in [0, 0.05) is 11.5 Å². The number of allylic oxidation sites excluding steroid dienone is 1. The minimum absolute atomic E-state index is 0.428. The number of ether oxygens (including phenoxy) is 1. The van der Waals surface area contributed by atoms with Gasteiger partial charge in [0.1, 0.15) is 12.9 Å². The lowest BCUT2D eigenvalue weighted by molar-refractivity contribution is 0.418. The molecule has 0 spiro atoms. The molecule has 3 heteroatoms. The van der Waals surface area contributed by atoms with Crippen LogP contribution in [0, 0.1) is 0 Å². The van der Waals surface area contributed by atoms with Crippen molar-refractivity contribution >= 4 is 17.8 Å². The molecule has 0 saturated heterocycles. The quantitative estimate of drug-likeness (QED) is 0.617. The minimum Gasteiger partial charge on any atom is -0.496 e. The van der Waals surface area contributed by atoms with E-state index in [4.69, 9.17) is 4.74 Å². The molecular weight excluding hydrogens is 255 g/mol. The number of para-hydroxylation sites is 1. The van der Waals surface area contributed by atoms with Gasteiger partial charge in [-0.1, -0.05) is 48.5 Å². The molecule has 2 rings (SSSR count). The molecule has 0 heterocycles. The van der Waals surface area contributed by atoms with Gasteiger partial charge in [0.25, 0.3) is 0 Å². The summed E-state index contributed by atoms with van der Waals surface area (Å²) >= 11 is 0. The lowest BCUT2D eigenvalue weighted by Crippen LogP contribution is -2.19. The first-order valence-corrected chi connectivity index (χ1v) is 8.00. The SMILES string of the molecule is C=CC[P@@](=O)(c1ccccc1)c1ccccc1OC. The Balaban J connectivity index is 2.63. The fraction of sp³-hybridized carbons (Fsp3) is 0.125. The summed E-state index contributed by atoms with van der Waals surface area (Å²) in [5, 5.41) is 1.59. The smallest absolute Gasteiger partial charge is 0.150 e. The van der Waals surface area contributed by atoms with Crippen molar-refractivity contribution in [1.82, 2.24) is 0 Å². The number of hydrogen-bond donors (Lipinski definition) is 0. The maximum Gasteiger partial charge on any atom is 0.150 e. The van der Waals surface area contributed by atoms with Crippen LogP contribution in [0.15, 0.2) is 67.3 Å². The molecule has 2 nitrogen and oxygen atoms in total. The summed E-state index contributed by atoms with van der Waals surface area (Å²) in [6.07, 6.45) is 2.14. The molecule has 2 aromatic rings. The number of hydrogen-bond acceptors (Lipinski definition) is 2. The van der Waals surface area contributed by atoms with E-state index in [9.17, 15) is 4.57 Å². The van der Waals surface area contributed by atoms with Gasteiger partial charge >= 0.3 is 0 Å². The van der Waals surface area contributed by atoms with Crippen molar-refractivity contribution in [3.8, 4) is 5.75 Å². The molecule has 0 fully saturated rings. The van der Waals surface area contributed by atoms with E-state index in [-0.39, 0.29) is 0 Å². The highest BCUT2D eigenvalue weighted by molar-refractivity contribution is 7.79. The van der Waals surface area contributed by atoms with Crippen molar-refractivity contribution in [3.05, 3.63) is 67.3 Å². The molecule has 0 aliphatic heterocycles. The van der Waals surface area contributed by atoms with E-state index in [0.29, 0.717) is 11.9 Å². The summed E-state index contributed by atoms with van der Waals surface area (Å²) < 4.78 is 18.8. The molecule has 2 aromatic carbocycles. The van der Waals surface area contributed by atoms with Gasteiger partial charge in [0.15, 0.2) is 0 Å². The van der Waals surface area contributed by atoms with Gasteiger partial charge in [-0.2, -0.15) is 0 Å². The zero-order chi connectivity index (χ0) is 13.7. The molecular formula is C16H17O2P. The van der Waals surface area contributed by atoms with Crippen molar-refractivity contribution in [3.63, 3.8) is 0 Å². The Morgan fingerprint density at radius 1 is 1.11 bits per heavy atom. The molecule has 0 aliphatic rings. The second kappa shape index (κ2) is 5.90. The molecule has 98 valence electrons. The van der Waals surface area contributed by atoms with Gasteiger partial charge in [-0.25, -0.2) is 0 Å². The van der Waals surface area contributed by atoms with Crippen molar-refractivity contribution in [2.45, 2.75) is 0 Å². The summed E-state index contributed by atoms with van der Waals surface area (Å²) in [6, 6.07) is 17.0. The monoisotopic (exact) mass is 272 g/mol. The van der Waals surface area contributed by atoms with Gasteiger partial charge in [-0.15, -0.1) is 6.58 Å². The van der Waals surface area contributed by atoms with Crippen LogP contribution >= 0.6 is 7.14 Å². The highest BCUT2D eigenvalue weighted by atomic mass is 31.2. The second-order valence-corrected chi connectivity index (χ2v) is 7.06. The fourth-order valence-electron chi connectivity index (χ4n) is 2.12. The van der Waals surface area contributed by atoms with Gasteiger partial charge in [0.2, 0.25) is 0 Å². The fourth-order valence-corrected chi connectivity index (χ4v) is 4.67. The van der Waals surface area contributed by atoms with Gasteiger partial charge in [-0.05, 0) is 12.1 Å². The predicted molar refractivity (Wildman–Crippen MR) is 81.4 cm³/mol. The lowest BCUT2D eigenvalue weighted by Gasteiger charge is -2.20. The van der Waals surface area contributed by atoms with Crippen molar-refractivity contribution in [2.75, 3.05) is 13.3 Å². The van der Waals surface area contributed by atoms with Crippen LogP contribution in [-0.2, 0) is 4.57 Å². The van der Waals surface area contributed by atoms with Crippen LogP contribution in [0.2, 0.25) is 0 Å². The van der Waals surface area contributed by atoms with E-state index in [2.05, 4.69) is 6.58 Å². The summed E-state index contributed by atoms with van der Waals surface area (Å²) in [7, 11) is -1.12. The average molecular weight is 272 g/mol. The third kappa shape index (κ3) is 2.64. The first-order valence-electron chi connectivity index (χ1n) is 6.11. The van der Waals surface area contributed by atoms with Crippen LogP contribution in [0.3, 0.4) is 0 Å². The maximum absolute atomic E-state index is 13.4. The van der Waals surface area contributed by atoms with E-state index in [1.807, 2.05) is 54.6 Å². The molecule has 1 atom stereocenters. The van der Waals surface area contributed by atoms with Gasteiger partial charge in [0.05, 0.1) is 12.4 Å². The molecule has 0 saturated carbocycles. The zero-order valence-electron chi connectivity index (χ0n) is 11.0. The van der Waals surface area contributed by atoms with Crippen LogP contribution in [-0.4, -0.2) is 13.3 Å². The second-order valence-electron chi connectivity index (χ2n) is 4.22. The molecule has 0 bridgehead atoms. The molecule has 0 unspecified atom stereocenters. The normalized spacial score (nSPS) is 13.5. The molecule has 19 heavy (non-hydrogen) atoms. The Bertz CT molecular complexity index is 605. The highest BCUT2D eigenvalue weighted by Crippen LogP contribution is 2.45. The largest absolute Gasteiger partial charge is 0.496 e. The molecule has 0 aromatic heterocycles. The summed E-state index contributed by atoms with van der Waals surface area (Å²) in [4.78, 5) is 0. The first kappa shape index (κ1) is 13.6. The maximum atomic E-state index is 13.4. The van der Waals surface area contributed by atoms with Crippen LogP contribution in [0.1, 0.15) is 0 Å². The Morgan fingerprint density at radius 2 is 1.74 bits per heavy atom. The molecule has 0 aliphatic carbocycles. The minimum atomic E-state index is -2.72. The Kier molecular flexibility index (Phi) is 4.24. The highest BCUT2D eigenvalue weighted by Gasteiger charge is 2.28. The lowest BCUT2D eigenvalue weighted by atomic mass is 10.3. The molecule has 0 amide bonds. The number of methoxy groups -OCH3 is 1. The van der Waals surface area contributed by atoms with Crippen LogP contribution in [0.25, 0.3) is 0 Å². The van der Waals surface area contributed by atoms with Gasteiger partial charge < -0.3 is 9.30 Å².